The number of hydrazone groups is 1. The van der Waals surface area contributed by atoms with E-state index in [-0.39, 0.29) is 4.90 Å². The summed E-state index contributed by atoms with van der Waals surface area (Å²) in [6.45, 7) is 3.54. The van der Waals surface area contributed by atoms with E-state index in [1.54, 1.807) is 54.7 Å². The average Bonchev–Trinajstić information content (AvgIpc) is 3.16. The van der Waals surface area contributed by atoms with Crippen LogP contribution in [-0.2, 0) is 14.8 Å². The highest BCUT2D eigenvalue weighted by Gasteiger charge is 2.26. The fraction of sp³-hybridized carbons (Fsp3) is 0.111. The highest BCUT2D eigenvalue weighted by molar-refractivity contribution is 9.10. The molecule has 36 heavy (non-hydrogen) atoms. The van der Waals surface area contributed by atoms with E-state index in [1.807, 2.05) is 44.2 Å². The Morgan fingerprint density at radius 2 is 1.58 bits per heavy atom. The molecule has 1 amide bonds. The summed E-state index contributed by atoms with van der Waals surface area (Å²) in [5.41, 5.74) is 6.65. The molecule has 0 fully saturated rings. The molecule has 0 radical (unpaired) electrons. The highest BCUT2D eigenvalue weighted by Crippen LogP contribution is 2.26. The van der Waals surface area contributed by atoms with Crippen LogP contribution in [0.1, 0.15) is 17.0 Å². The molecule has 0 atom stereocenters. The van der Waals surface area contributed by atoms with Gasteiger partial charge in [0, 0.05) is 21.4 Å². The Labute approximate surface area is 219 Å². The summed E-state index contributed by atoms with van der Waals surface area (Å²) < 4.78 is 30.8. The summed E-state index contributed by atoms with van der Waals surface area (Å²) in [6, 6.07) is 26.4. The molecule has 0 saturated carbocycles. The number of amides is 1. The van der Waals surface area contributed by atoms with Crippen molar-refractivity contribution in [2.75, 3.05) is 10.8 Å². The van der Waals surface area contributed by atoms with E-state index in [0.717, 1.165) is 31.4 Å². The van der Waals surface area contributed by atoms with Crippen molar-refractivity contribution < 1.29 is 13.2 Å². The smallest absolute Gasteiger partial charge is 0.264 e. The van der Waals surface area contributed by atoms with E-state index in [0.29, 0.717) is 5.69 Å². The summed E-state index contributed by atoms with van der Waals surface area (Å²) in [6.07, 6.45) is 1.56. The van der Waals surface area contributed by atoms with Crippen molar-refractivity contribution >= 4 is 43.8 Å². The minimum absolute atomic E-state index is 0.102. The molecule has 184 valence electrons. The van der Waals surface area contributed by atoms with Crippen LogP contribution in [0.25, 0.3) is 5.69 Å². The topological polar surface area (TPSA) is 83.8 Å². The molecule has 4 aromatic rings. The van der Waals surface area contributed by atoms with Gasteiger partial charge >= 0.3 is 0 Å². The number of aromatic nitrogens is 1. The van der Waals surface area contributed by atoms with Crippen LogP contribution >= 0.6 is 15.9 Å². The van der Waals surface area contributed by atoms with Gasteiger partial charge in [0.05, 0.1) is 22.5 Å². The van der Waals surface area contributed by atoms with Gasteiger partial charge in [-0.1, -0.05) is 48.5 Å². The number of nitrogens with zero attached hydrogens (tertiary/aromatic N) is 3. The summed E-state index contributed by atoms with van der Waals surface area (Å²) >= 11 is 3.59. The molecule has 0 bridgehead atoms. The Morgan fingerprint density at radius 3 is 2.25 bits per heavy atom. The number of sulfonamides is 1. The molecular formula is C27H25BrN4O3S. The summed E-state index contributed by atoms with van der Waals surface area (Å²) in [5, 5.41) is 4.10. The number of para-hydroxylation sites is 2. The van der Waals surface area contributed by atoms with E-state index >= 15 is 0 Å². The average molecular weight is 565 g/mol. The summed E-state index contributed by atoms with van der Waals surface area (Å²) in [5.74, 6) is -0.561. The van der Waals surface area contributed by atoms with Gasteiger partial charge in [0.25, 0.3) is 15.9 Å². The lowest BCUT2D eigenvalue weighted by Crippen LogP contribution is -2.39. The normalized spacial score (nSPS) is 11.5. The molecule has 1 aromatic heterocycles. The number of nitrogens with one attached hydrogen (secondary N) is 1. The van der Waals surface area contributed by atoms with Gasteiger partial charge in [-0.15, -0.1) is 0 Å². The predicted molar refractivity (Wildman–Crippen MR) is 146 cm³/mol. The van der Waals surface area contributed by atoms with Crippen LogP contribution in [0.15, 0.2) is 105 Å². The molecule has 0 unspecified atom stereocenters. The Balaban J connectivity index is 1.54. The summed E-state index contributed by atoms with van der Waals surface area (Å²) in [7, 11) is -3.96. The second kappa shape index (κ2) is 10.9. The van der Waals surface area contributed by atoms with Gasteiger partial charge in [-0.2, -0.15) is 5.10 Å². The van der Waals surface area contributed by atoms with Crippen molar-refractivity contribution in [1.29, 1.82) is 0 Å². The molecule has 1 heterocycles. The minimum atomic E-state index is -3.96. The van der Waals surface area contributed by atoms with Gasteiger partial charge in [-0.05, 0) is 72.2 Å². The molecule has 0 saturated heterocycles. The molecule has 9 heteroatoms. The predicted octanol–water partition coefficient (Wildman–Crippen LogP) is 5.20. The Hall–Kier alpha value is -3.69. The molecular weight excluding hydrogens is 540 g/mol. The lowest BCUT2D eigenvalue weighted by Gasteiger charge is -2.23. The molecule has 0 aliphatic carbocycles. The fourth-order valence-electron chi connectivity index (χ4n) is 3.89. The van der Waals surface area contributed by atoms with E-state index in [4.69, 9.17) is 0 Å². The van der Waals surface area contributed by atoms with E-state index in [9.17, 15) is 13.2 Å². The molecule has 0 spiro atoms. The number of benzene rings is 3. The van der Waals surface area contributed by atoms with Crippen molar-refractivity contribution in [3.8, 4) is 5.69 Å². The number of rotatable bonds is 8. The Morgan fingerprint density at radius 1 is 0.972 bits per heavy atom. The highest BCUT2D eigenvalue weighted by atomic mass is 79.9. The third-order valence-electron chi connectivity index (χ3n) is 5.62. The number of carbonyl (C=O) groups is 1. The molecule has 0 aliphatic rings. The summed E-state index contributed by atoms with van der Waals surface area (Å²) in [4.78, 5) is 12.9. The fourth-order valence-corrected chi connectivity index (χ4v) is 5.79. The number of hydrogen-bond acceptors (Lipinski definition) is 4. The second-order valence-corrected chi connectivity index (χ2v) is 10.8. The van der Waals surface area contributed by atoms with E-state index in [1.165, 1.54) is 12.1 Å². The third-order valence-corrected chi connectivity index (χ3v) is 8.08. The second-order valence-electron chi connectivity index (χ2n) is 8.07. The molecule has 0 aliphatic heterocycles. The zero-order valence-electron chi connectivity index (χ0n) is 19.8. The third kappa shape index (κ3) is 5.42. The van der Waals surface area contributed by atoms with Gasteiger partial charge in [0.2, 0.25) is 0 Å². The standard InChI is InChI=1S/C27H25BrN4O3S/c1-20-17-22(21(2)32(20)26-16-10-9-15-25(26)28)18-29-30-27(33)19-31(23-11-5-3-6-12-23)36(34,35)24-13-7-4-8-14-24/h3-18H,19H2,1-2H3,(H,30,33)/b29-18-. The maximum absolute atomic E-state index is 13.3. The number of anilines is 1. The van der Waals surface area contributed by atoms with E-state index < -0.39 is 22.5 Å². The van der Waals surface area contributed by atoms with Crippen molar-refractivity contribution in [2.24, 2.45) is 5.10 Å². The molecule has 4 rings (SSSR count). The maximum Gasteiger partial charge on any atom is 0.264 e. The van der Waals surface area contributed by atoms with Crippen LogP contribution in [-0.4, -0.2) is 31.7 Å². The van der Waals surface area contributed by atoms with Crippen LogP contribution in [0.2, 0.25) is 0 Å². The quantitative estimate of drug-likeness (QED) is 0.236. The first kappa shape index (κ1) is 25.4. The Bertz CT molecular complexity index is 1500. The van der Waals surface area contributed by atoms with Crippen molar-refractivity contribution in [1.82, 2.24) is 9.99 Å². The first-order valence-corrected chi connectivity index (χ1v) is 13.4. The number of hydrogen-bond donors (Lipinski definition) is 1. The first-order chi connectivity index (χ1) is 17.3. The molecule has 1 N–H and O–H groups in total. The van der Waals surface area contributed by atoms with Crippen molar-refractivity contribution in [3.63, 3.8) is 0 Å². The largest absolute Gasteiger partial charge is 0.317 e. The Kier molecular flexibility index (Phi) is 7.71. The monoisotopic (exact) mass is 564 g/mol. The van der Waals surface area contributed by atoms with Crippen molar-refractivity contribution in [3.05, 3.63) is 112 Å². The zero-order chi connectivity index (χ0) is 25.7. The zero-order valence-corrected chi connectivity index (χ0v) is 22.2. The van der Waals surface area contributed by atoms with Crippen LogP contribution in [0, 0.1) is 13.8 Å². The number of halogens is 1. The SMILES string of the molecule is Cc1cc(/C=N\NC(=O)CN(c2ccccc2)S(=O)(=O)c2ccccc2)c(C)n1-c1ccccc1Br. The van der Waals surface area contributed by atoms with E-state index in [2.05, 4.69) is 31.0 Å². The van der Waals surface area contributed by atoms with Gasteiger partial charge in [-0.25, -0.2) is 13.8 Å². The van der Waals surface area contributed by atoms with Crippen LogP contribution in [0.5, 0.6) is 0 Å². The van der Waals surface area contributed by atoms with Crippen LogP contribution < -0.4 is 9.73 Å². The molecule has 7 nitrogen and oxygen atoms in total. The van der Waals surface area contributed by atoms with Crippen molar-refractivity contribution in [2.45, 2.75) is 18.7 Å². The minimum Gasteiger partial charge on any atom is -0.317 e. The van der Waals surface area contributed by atoms with Gasteiger partial charge in [0.1, 0.15) is 6.54 Å². The van der Waals surface area contributed by atoms with Gasteiger partial charge < -0.3 is 4.57 Å². The molecule has 3 aromatic carbocycles. The first-order valence-electron chi connectivity index (χ1n) is 11.2. The number of aryl methyl sites for hydroxylation is 1. The van der Waals surface area contributed by atoms with Gasteiger partial charge in [-0.3, -0.25) is 9.10 Å². The van der Waals surface area contributed by atoms with Crippen LogP contribution in [0.3, 0.4) is 0 Å². The maximum atomic E-state index is 13.3. The van der Waals surface area contributed by atoms with Crippen LogP contribution in [0.4, 0.5) is 5.69 Å². The lowest BCUT2D eigenvalue weighted by molar-refractivity contribution is -0.119. The van der Waals surface area contributed by atoms with Gasteiger partial charge in [0.15, 0.2) is 0 Å². The lowest BCUT2D eigenvalue weighted by atomic mass is 10.2. The number of carbonyl (C=O) groups excluding carboxylic acids is 1.